The van der Waals surface area contributed by atoms with Crippen molar-refractivity contribution in [1.29, 1.82) is 0 Å². The molecule has 0 spiro atoms. The molecule has 1 amide bonds. The molecule has 0 aromatic carbocycles. The molecule has 0 unspecified atom stereocenters. The third kappa shape index (κ3) is 3.78. The van der Waals surface area contributed by atoms with Gasteiger partial charge in [-0.2, -0.15) is 0 Å². The molecule has 5 heteroatoms. The molecule has 0 atom stereocenters. The number of aliphatic hydroxyl groups is 1. The Bertz CT molecular complexity index is 402. The average Bonchev–Trinajstić information content (AvgIpc) is 2.65. The highest BCUT2D eigenvalue weighted by molar-refractivity contribution is 7.13. The van der Waals surface area contributed by atoms with E-state index in [0.717, 1.165) is 22.0 Å². The Morgan fingerprint density at radius 1 is 1.50 bits per heavy atom. The summed E-state index contributed by atoms with van der Waals surface area (Å²) in [5.74, 6) is 0.471. The number of amides is 1. The molecule has 0 aliphatic carbocycles. The molecule has 0 saturated carbocycles. The van der Waals surface area contributed by atoms with Gasteiger partial charge in [-0.15, -0.1) is 11.3 Å². The lowest BCUT2D eigenvalue weighted by Gasteiger charge is -2.19. The summed E-state index contributed by atoms with van der Waals surface area (Å²) < 4.78 is 0. The second kappa shape index (κ2) is 6.85. The molecule has 102 valence electrons. The lowest BCUT2D eigenvalue weighted by molar-refractivity contribution is 0.0735. The molecule has 0 aliphatic rings. The molecule has 18 heavy (non-hydrogen) atoms. The zero-order chi connectivity index (χ0) is 13.7. The van der Waals surface area contributed by atoms with Gasteiger partial charge in [-0.25, -0.2) is 4.98 Å². The summed E-state index contributed by atoms with van der Waals surface area (Å²) in [5.41, 5.74) is 0.897. The van der Waals surface area contributed by atoms with Gasteiger partial charge in [0.2, 0.25) is 0 Å². The predicted octanol–water partition coefficient (Wildman–Crippen LogP) is 2.10. The van der Waals surface area contributed by atoms with E-state index in [9.17, 15) is 4.79 Å². The molecule has 0 fully saturated rings. The maximum atomic E-state index is 12.4. The normalized spacial score (nSPS) is 11.0. The van der Waals surface area contributed by atoms with Crippen LogP contribution in [-0.2, 0) is 6.42 Å². The van der Waals surface area contributed by atoms with E-state index >= 15 is 0 Å². The van der Waals surface area contributed by atoms with Gasteiger partial charge in [0.15, 0.2) is 0 Å². The third-order valence-corrected chi connectivity index (χ3v) is 3.64. The molecule has 1 aromatic heterocycles. The van der Waals surface area contributed by atoms with Gasteiger partial charge in [-0.3, -0.25) is 4.79 Å². The standard InChI is InChI=1S/C13H22N2O2S/c1-5-15(6-7-16)13(17)12-11(8-9(2)3)14-10(4)18-12/h9,16H,5-8H2,1-4H3. The van der Waals surface area contributed by atoms with E-state index in [0.29, 0.717) is 19.0 Å². The lowest BCUT2D eigenvalue weighted by Crippen LogP contribution is -2.33. The number of nitrogens with zero attached hydrogens (tertiary/aromatic N) is 2. The van der Waals surface area contributed by atoms with Crippen LogP contribution in [0.15, 0.2) is 0 Å². The monoisotopic (exact) mass is 270 g/mol. The number of rotatable bonds is 6. The van der Waals surface area contributed by atoms with Crippen LogP contribution < -0.4 is 0 Å². The molecular weight excluding hydrogens is 248 g/mol. The molecule has 4 nitrogen and oxygen atoms in total. The van der Waals surface area contributed by atoms with Crippen molar-refractivity contribution < 1.29 is 9.90 Å². The van der Waals surface area contributed by atoms with Crippen LogP contribution in [0, 0.1) is 12.8 Å². The summed E-state index contributed by atoms with van der Waals surface area (Å²) in [7, 11) is 0. The first-order chi connectivity index (χ1) is 8.49. The van der Waals surface area contributed by atoms with Gasteiger partial charge in [-0.05, 0) is 26.2 Å². The first kappa shape index (κ1) is 15.1. The van der Waals surface area contributed by atoms with Crippen molar-refractivity contribution in [3.05, 3.63) is 15.6 Å². The van der Waals surface area contributed by atoms with Crippen LogP contribution in [0.5, 0.6) is 0 Å². The fourth-order valence-electron chi connectivity index (χ4n) is 1.83. The lowest BCUT2D eigenvalue weighted by atomic mass is 10.1. The summed E-state index contributed by atoms with van der Waals surface area (Å²) in [6, 6.07) is 0. The van der Waals surface area contributed by atoms with Gasteiger partial charge in [0.1, 0.15) is 4.88 Å². The number of thiazole rings is 1. The fraction of sp³-hybridized carbons (Fsp3) is 0.692. The average molecular weight is 270 g/mol. The Morgan fingerprint density at radius 3 is 2.67 bits per heavy atom. The Morgan fingerprint density at radius 2 is 2.17 bits per heavy atom. The SMILES string of the molecule is CCN(CCO)C(=O)c1sc(C)nc1CC(C)C. The van der Waals surface area contributed by atoms with Crippen molar-refractivity contribution in [2.75, 3.05) is 19.7 Å². The fourth-order valence-corrected chi connectivity index (χ4v) is 2.74. The smallest absolute Gasteiger partial charge is 0.265 e. The van der Waals surface area contributed by atoms with Crippen molar-refractivity contribution in [3.8, 4) is 0 Å². The first-order valence-corrected chi connectivity index (χ1v) is 7.17. The van der Waals surface area contributed by atoms with Gasteiger partial charge in [0.25, 0.3) is 5.91 Å². The van der Waals surface area contributed by atoms with Crippen molar-refractivity contribution in [2.24, 2.45) is 5.92 Å². The van der Waals surface area contributed by atoms with Gasteiger partial charge >= 0.3 is 0 Å². The van der Waals surface area contributed by atoms with E-state index in [2.05, 4.69) is 18.8 Å². The maximum Gasteiger partial charge on any atom is 0.265 e. The largest absolute Gasteiger partial charge is 0.395 e. The van der Waals surface area contributed by atoms with E-state index in [1.807, 2.05) is 13.8 Å². The van der Waals surface area contributed by atoms with Crippen LogP contribution in [0.1, 0.15) is 41.1 Å². The Kier molecular flexibility index (Phi) is 5.75. The molecule has 0 radical (unpaired) electrons. The second-order valence-corrected chi connectivity index (χ2v) is 5.92. The molecule has 1 heterocycles. The summed E-state index contributed by atoms with van der Waals surface area (Å²) in [4.78, 5) is 19.2. The van der Waals surface area contributed by atoms with Gasteiger partial charge < -0.3 is 10.0 Å². The third-order valence-electron chi connectivity index (χ3n) is 2.64. The minimum absolute atomic E-state index is 0.00310. The summed E-state index contributed by atoms with van der Waals surface area (Å²) >= 11 is 1.45. The van der Waals surface area contributed by atoms with E-state index in [4.69, 9.17) is 5.11 Å². The quantitative estimate of drug-likeness (QED) is 0.861. The van der Waals surface area contributed by atoms with Crippen LogP contribution in [0.2, 0.25) is 0 Å². The van der Waals surface area contributed by atoms with Crippen molar-refractivity contribution in [3.63, 3.8) is 0 Å². The number of aryl methyl sites for hydroxylation is 1. The van der Waals surface area contributed by atoms with Crippen LogP contribution in [0.25, 0.3) is 0 Å². The Labute approximate surface area is 113 Å². The van der Waals surface area contributed by atoms with Crippen molar-refractivity contribution >= 4 is 17.2 Å². The Balaban J connectivity index is 2.96. The molecule has 1 rings (SSSR count). The van der Waals surface area contributed by atoms with Crippen LogP contribution in [0.4, 0.5) is 0 Å². The zero-order valence-corrected chi connectivity index (χ0v) is 12.4. The summed E-state index contributed by atoms with van der Waals surface area (Å²) in [5, 5.41) is 9.90. The van der Waals surface area contributed by atoms with Gasteiger partial charge in [0.05, 0.1) is 17.3 Å². The van der Waals surface area contributed by atoms with Crippen molar-refractivity contribution in [1.82, 2.24) is 9.88 Å². The number of hydrogen-bond acceptors (Lipinski definition) is 4. The minimum Gasteiger partial charge on any atom is -0.395 e. The number of likely N-dealkylation sites (N-methyl/N-ethyl adjacent to an activating group) is 1. The van der Waals surface area contributed by atoms with Crippen LogP contribution in [0.3, 0.4) is 0 Å². The van der Waals surface area contributed by atoms with E-state index in [1.54, 1.807) is 4.90 Å². The highest BCUT2D eigenvalue weighted by atomic mass is 32.1. The van der Waals surface area contributed by atoms with Gasteiger partial charge in [-0.1, -0.05) is 13.8 Å². The van der Waals surface area contributed by atoms with Crippen LogP contribution in [-0.4, -0.2) is 40.6 Å². The molecular formula is C13H22N2O2S. The van der Waals surface area contributed by atoms with E-state index in [-0.39, 0.29) is 12.5 Å². The number of aromatic nitrogens is 1. The highest BCUT2D eigenvalue weighted by Crippen LogP contribution is 2.22. The second-order valence-electron chi connectivity index (χ2n) is 4.72. The summed E-state index contributed by atoms with van der Waals surface area (Å²) in [6.07, 6.45) is 0.822. The predicted molar refractivity (Wildman–Crippen MR) is 74.1 cm³/mol. The molecule has 0 bridgehead atoms. The number of hydrogen-bond donors (Lipinski definition) is 1. The van der Waals surface area contributed by atoms with Gasteiger partial charge in [0, 0.05) is 13.1 Å². The number of carbonyl (C=O) groups excluding carboxylic acids is 1. The van der Waals surface area contributed by atoms with E-state index < -0.39 is 0 Å². The first-order valence-electron chi connectivity index (χ1n) is 6.36. The summed E-state index contributed by atoms with van der Waals surface area (Å²) in [6.45, 7) is 9.07. The zero-order valence-electron chi connectivity index (χ0n) is 11.6. The molecule has 1 N–H and O–H groups in total. The Hall–Kier alpha value is -0.940. The number of aliphatic hydroxyl groups excluding tert-OH is 1. The van der Waals surface area contributed by atoms with E-state index in [1.165, 1.54) is 11.3 Å². The maximum absolute atomic E-state index is 12.4. The molecule has 0 aliphatic heterocycles. The highest BCUT2D eigenvalue weighted by Gasteiger charge is 2.21. The molecule has 1 aromatic rings. The topological polar surface area (TPSA) is 53.4 Å². The molecule has 0 saturated heterocycles. The van der Waals surface area contributed by atoms with Crippen molar-refractivity contribution in [2.45, 2.75) is 34.1 Å². The minimum atomic E-state index is -0.00667. The van der Waals surface area contributed by atoms with Crippen LogP contribution >= 0.6 is 11.3 Å². The number of carbonyl (C=O) groups is 1.